The van der Waals surface area contributed by atoms with Crippen LogP contribution in [0.1, 0.15) is 58.6 Å². The maximum atomic E-state index is 12.8. The number of amides is 1. The molecule has 0 bridgehead atoms. The number of nitrogens with zero attached hydrogens (tertiary/aromatic N) is 4. The Hall–Kier alpha value is -1.86. The van der Waals surface area contributed by atoms with Crippen molar-refractivity contribution in [3.05, 3.63) is 23.2 Å². The van der Waals surface area contributed by atoms with Gasteiger partial charge in [0.1, 0.15) is 11.2 Å². The molecule has 4 rings (SSSR count). The van der Waals surface area contributed by atoms with E-state index in [9.17, 15) is 9.90 Å². The van der Waals surface area contributed by atoms with Crippen molar-refractivity contribution in [2.24, 2.45) is 0 Å². The van der Waals surface area contributed by atoms with Gasteiger partial charge in [-0.15, -0.1) is 0 Å². The normalized spacial score (nSPS) is 22.1. The number of aliphatic hydroxyl groups is 1. The van der Waals surface area contributed by atoms with Gasteiger partial charge in [-0.05, 0) is 51.3 Å². The average molecular weight is 393 g/mol. The lowest BCUT2D eigenvalue weighted by molar-refractivity contribution is -0.118. The molecule has 2 aliphatic rings. The Morgan fingerprint density at radius 3 is 2.70 bits per heavy atom. The van der Waals surface area contributed by atoms with Crippen LogP contribution in [0.15, 0.2) is 12.3 Å². The SMILES string of the molecule is CC(C)(C)OC(=O)N1Cc2cc3cnc(Cl)nc3n2C2(CCCCC2)C1O. The molecule has 1 spiro atoms. The summed E-state index contributed by atoms with van der Waals surface area (Å²) < 4.78 is 7.66. The lowest BCUT2D eigenvalue weighted by atomic mass is 9.78. The van der Waals surface area contributed by atoms with Gasteiger partial charge in [0.25, 0.3) is 0 Å². The molecule has 3 heterocycles. The van der Waals surface area contributed by atoms with Crippen molar-refractivity contribution in [3.63, 3.8) is 0 Å². The van der Waals surface area contributed by atoms with E-state index in [1.54, 1.807) is 6.20 Å². The summed E-state index contributed by atoms with van der Waals surface area (Å²) >= 11 is 6.05. The minimum atomic E-state index is -0.982. The van der Waals surface area contributed by atoms with Gasteiger partial charge in [-0.3, -0.25) is 4.90 Å². The van der Waals surface area contributed by atoms with Crippen molar-refractivity contribution >= 4 is 28.7 Å². The quantitative estimate of drug-likeness (QED) is 0.689. The zero-order chi connectivity index (χ0) is 19.4. The molecule has 0 saturated heterocycles. The van der Waals surface area contributed by atoms with Gasteiger partial charge in [0, 0.05) is 17.3 Å². The fourth-order valence-electron chi connectivity index (χ4n) is 4.43. The van der Waals surface area contributed by atoms with Crippen molar-refractivity contribution in [2.45, 2.75) is 76.8 Å². The molecule has 1 fully saturated rings. The molecule has 27 heavy (non-hydrogen) atoms. The molecule has 2 aromatic rings. The minimum Gasteiger partial charge on any atom is -0.444 e. The Morgan fingerprint density at radius 2 is 2.04 bits per heavy atom. The Labute approximate surface area is 163 Å². The van der Waals surface area contributed by atoms with Crippen molar-refractivity contribution in [1.29, 1.82) is 0 Å². The molecule has 1 atom stereocenters. The van der Waals surface area contributed by atoms with E-state index in [1.165, 1.54) is 4.90 Å². The van der Waals surface area contributed by atoms with Crippen molar-refractivity contribution < 1.29 is 14.6 Å². The fraction of sp³-hybridized carbons (Fsp3) is 0.632. The molecule has 2 aromatic heterocycles. The van der Waals surface area contributed by atoms with Crippen LogP contribution < -0.4 is 0 Å². The average Bonchev–Trinajstić information content (AvgIpc) is 2.95. The zero-order valence-electron chi connectivity index (χ0n) is 15.9. The van der Waals surface area contributed by atoms with E-state index in [-0.39, 0.29) is 11.8 Å². The Kier molecular flexibility index (Phi) is 4.35. The number of carbonyl (C=O) groups excluding carboxylic acids is 1. The number of hydrogen-bond acceptors (Lipinski definition) is 5. The number of aromatic nitrogens is 3. The van der Waals surface area contributed by atoms with E-state index in [4.69, 9.17) is 16.3 Å². The van der Waals surface area contributed by atoms with Gasteiger partial charge in [-0.1, -0.05) is 19.3 Å². The first-order valence-electron chi connectivity index (χ1n) is 9.42. The number of ether oxygens (including phenoxy) is 1. The third-order valence-electron chi connectivity index (χ3n) is 5.49. The number of carbonyl (C=O) groups is 1. The van der Waals surface area contributed by atoms with Crippen molar-refractivity contribution in [2.75, 3.05) is 0 Å². The maximum Gasteiger partial charge on any atom is 0.412 e. The highest BCUT2D eigenvalue weighted by Crippen LogP contribution is 2.45. The smallest absolute Gasteiger partial charge is 0.412 e. The lowest BCUT2D eigenvalue weighted by Crippen LogP contribution is -2.60. The van der Waals surface area contributed by atoms with E-state index in [1.807, 2.05) is 26.8 Å². The van der Waals surface area contributed by atoms with Crippen molar-refractivity contribution in [3.8, 4) is 0 Å². The molecular weight excluding hydrogens is 368 g/mol. The third kappa shape index (κ3) is 3.06. The fourth-order valence-corrected chi connectivity index (χ4v) is 4.56. The first kappa shape index (κ1) is 18.5. The Morgan fingerprint density at radius 1 is 1.33 bits per heavy atom. The first-order valence-corrected chi connectivity index (χ1v) is 9.80. The predicted molar refractivity (Wildman–Crippen MR) is 101 cm³/mol. The Balaban J connectivity index is 1.85. The number of fused-ring (bicyclic) bond motifs is 4. The summed E-state index contributed by atoms with van der Waals surface area (Å²) in [4.78, 5) is 22.8. The summed E-state index contributed by atoms with van der Waals surface area (Å²) in [5, 5.41) is 12.4. The van der Waals surface area contributed by atoms with Crippen LogP contribution in [0.4, 0.5) is 4.79 Å². The molecule has 7 nitrogen and oxygen atoms in total. The molecular formula is C19H25ClN4O3. The van der Waals surface area contributed by atoms with Crippen LogP contribution in [-0.2, 0) is 16.8 Å². The van der Waals surface area contributed by atoms with Crippen molar-refractivity contribution in [1.82, 2.24) is 19.4 Å². The van der Waals surface area contributed by atoms with Crippen LogP contribution in [0.5, 0.6) is 0 Å². The summed E-state index contributed by atoms with van der Waals surface area (Å²) in [7, 11) is 0. The summed E-state index contributed by atoms with van der Waals surface area (Å²) in [6.45, 7) is 5.73. The molecule has 1 unspecified atom stereocenters. The van der Waals surface area contributed by atoms with Gasteiger partial charge in [-0.2, -0.15) is 4.98 Å². The molecule has 1 aliphatic heterocycles. The van der Waals surface area contributed by atoms with Crippen LogP contribution in [0.25, 0.3) is 11.0 Å². The molecule has 0 aromatic carbocycles. The Bertz CT molecular complexity index is 883. The highest BCUT2D eigenvalue weighted by atomic mass is 35.5. The molecule has 146 valence electrons. The summed E-state index contributed by atoms with van der Waals surface area (Å²) in [5.41, 5.74) is 0.386. The summed E-state index contributed by atoms with van der Waals surface area (Å²) in [6, 6.07) is 1.98. The lowest BCUT2D eigenvalue weighted by Gasteiger charge is -2.50. The monoisotopic (exact) mass is 392 g/mol. The van der Waals surface area contributed by atoms with E-state index in [2.05, 4.69) is 14.5 Å². The van der Waals surface area contributed by atoms with E-state index in [0.717, 1.165) is 48.8 Å². The minimum absolute atomic E-state index is 0.179. The number of halogens is 1. The number of rotatable bonds is 0. The third-order valence-corrected chi connectivity index (χ3v) is 5.67. The number of aliphatic hydroxyl groups excluding tert-OH is 1. The molecule has 1 amide bonds. The highest BCUT2D eigenvalue weighted by molar-refractivity contribution is 6.28. The van der Waals surface area contributed by atoms with Crippen LogP contribution >= 0.6 is 11.6 Å². The molecule has 1 N–H and O–H groups in total. The first-order chi connectivity index (χ1) is 12.7. The predicted octanol–water partition coefficient (Wildman–Crippen LogP) is 3.81. The van der Waals surface area contributed by atoms with E-state index >= 15 is 0 Å². The summed E-state index contributed by atoms with van der Waals surface area (Å²) in [5.74, 6) is 0. The van der Waals surface area contributed by atoms with E-state index < -0.39 is 23.5 Å². The van der Waals surface area contributed by atoms with Gasteiger partial charge in [0.05, 0.1) is 12.1 Å². The zero-order valence-corrected chi connectivity index (χ0v) is 16.7. The molecule has 1 saturated carbocycles. The van der Waals surface area contributed by atoms with Gasteiger partial charge in [-0.25, -0.2) is 9.78 Å². The summed E-state index contributed by atoms with van der Waals surface area (Å²) in [6.07, 6.45) is 4.83. The van der Waals surface area contributed by atoms with Gasteiger partial charge >= 0.3 is 6.09 Å². The van der Waals surface area contributed by atoms with E-state index in [0.29, 0.717) is 0 Å². The maximum absolute atomic E-state index is 12.8. The van der Waals surface area contributed by atoms with Crippen LogP contribution in [0, 0.1) is 0 Å². The second-order valence-corrected chi connectivity index (χ2v) is 8.87. The molecule has 1 aliphatic carbocycles. The van der Waals surface area contributed by atoms with Crippen LogP contribution in [0.2, 0.25) is 5.28 Å². The molecule has 0 radical (unpaired) electrons. The van der Waals surface area contributed by atoms with Crippen LogP contribution in [0.3, 0.4) is 0 Å². The van der Waals surface area contributed by atoms with Gasteiger partial charge in [0.15, 0.2) is 6.23 Å². The second-order valence-electron chi connectivity index (χ2n) is 8.54. The van der Waals surface area contributed by atoms with Crippen LogP contribution in [-0.4, -0.2) is 42.5 Å². The largest absolute Gasteiger partial charge is 0.444 e. The highest BCUT2D eigenvalue weighted by Gasteiger charge is 2.50. The topological polar surface area (TPSA) is 80.5 Å². The molecule has 8 heteroatoms. The van der Waals surface area contributed by atoms with Gasteiger partial charge in [0.2, 0.25) is 5.28 Å². The number of hydrogen-bond donors (Lipinski definition) is 1. The standard InChI is InChI=1S/C19H25ClN4O3/c1-18(2,3)27-17(26)23-11-13-9-12-10-21-16(20)22-14(12)24(13)19(15(23)25)7-5-4-6-8-19/h9-10,15,25H,4-8,11H2,1-3H3. The second kappa shape index (κ2) is 6.34. The van der Waals surface area contributed by atoms with Gasteiger partial charge < -0.3 is 14.4 Å².